The van der Waals surface area contributed by atoms with Gasteiger partial charge < -0.3 is 10.1 Å². The minimum absolute atomic E-state index is 0.508. The normalized spacial score (nSPS) is 10.6. The molecule has 0 saturated carbocycles. The van der Waals surface area contributed by atoms with E-state index in [2.05, 4.69) is 38.4 Å². The zero-order valence-electron chi connectivity index (χ0n) is 10.4. The van der Waals surface area contributed by atoms with Crippen LogP contribution in [-0.2, 0) is 13.2 Å². The first-order valence-corrected chi connectivity index (χ1v) is 7.33. The Morgan fingerprint density at radius 1 is 1.44 bits per heavy atom. The predicted octanol–water partition coefficient (Wildman–Crippen LogP) is 3.51. The van der Waals surface area contributed by atoms with E-state index < -0.39 is 0 Å². The van der Waals surface area contributed by atoms with Gasteiger partial charge in [-0.05, 0) is 47.6 Å². The third-order valence-corrected chi connectivity index (χ3v) is 3.86. The third kappa shape index (κ3) is 3.54. The number of aryl methyl sites for hydroxylation is 1. The van der Waals surface area contributed by atoms with Crippen LogP contribution in [0.2, 0.25) is 0 Å². The van der Waals surface area contributed by atoms with Gasteiger partial charge in [-0.1, -0.05) is 6.07 Å². The average molecular weight is 327 g/mol. The first kappa shape index (κ1) is 13.5. The Morgan fingerprint density at radius 2 is 2.28 bits per heavy atom. The van der Waals surface area contributed by atoms with Gasteiger partial charge in [0.05, 0.1) is 15.2 Å². The summed E-state index contributed by atoms with van der Waals surface area (Å²) in [7, 11) is 1.93. The quantitative estimate of drug-likeness (QED) is 0.912. The van der Waals surface area contributed by atoms with E-state index in [0.29, 0.717) is 6.61 Å². The molecule has 0 aliphatic rings. The maximum atomic E-state index is 5.75. The van der Waals surface area contributed by atoms with Gasteiger partial charge in [-0.25, -0.2) is 4.98 Å². The Kier molecular flexibility index (Phi) is 4.74. The van der Waals surface area contributed by atoms with Gasteiger partial charge in [-0.3, -0.25) is 0 Å². The van der Waals surface area contributed by atoms with Crippen LogP contribution in [0.1, 0.15) is 16.3 Å². The number of halogens is 1. The second-order valence-electron chi connectivity index (χ2n) is 3.94. The van der Waals surface area contributed by atoms with Crippen molar-refractivity contribution in [2.24, 2.45) is 0 Å². The van der Waals surface area contributed by atoms with Crippen LogP contribution >= 0.6 is 27.3 Å². The lowest BCUT2D eigenvalue weighted by molar-refractivity contribution is 0.300. The average Bonchev–Trinajstić information content (AvgIpc) is 2.74. The van der Waals surface area contributed by atoms with Crippen LogP contribution in [0.4, 0.5) is 0 Å². The summed E-state index contributed by atoms with van der Waals surface area (Å²) in [6.07, 6.45) is 0. The Labute approximate surface area is 119 Å². The van der Waals surface area contributed by atoms with Gasteiger partial charge in [0.25, 0.3) is 0 Å². The van der Waals surface area contributed by atoms with Crippen molar-refractivity contribution in [2.45, 2.75) is 20.1 Å². The van der Waals surface area contributed by atoms with E-state index in [9.17, 15) is 0 Å². The highest BCUT2D eigenvalue weighted by atomic mass is 79.9. The van der Waals surface area contributed by atoms with E-state index in [1.54, 1.807) is 11.3 Å². The minimum atomic E-state index is 0.508. The Hall–Kier alpha value is -0.910. The number of hydrogen-bond acceptors (Lipinski definition) is 4. The minimum Gasteiger partial charge on any atom is -0.486 e. The van der Waals surface area contributed by atoms with Crippen LogP contribution < -0.4 is 10.1 Å². The Bertz CT molecular complexity index is 527. The van der Waals surface area contributed by atoms with Crippen LogP contribution in [0.15, 0.2) is 28.1 Å². The molecule has 18 heavy (non-hydrogen) atoms. The van der Waals surface area contributed by atoms with Crippen LogP contribution in [0.3, 0.4) is 0 Å². The maximum Gasteiger partial charge on any atom is 0.134 e. The van der Waals surface area contributed by atoms with Crippen LogP contribution in [-0.4, -0.2) is 12.0 Å². The number of rotatable bonds is 5. The molecule has 0 radical (unpaired) electrons. The molecule has 0 unspecified atom stereocenters. The molecule has 3 nitrogen and oxygen atoms in total. The fourth-order valence-corrected chi connectivity index (χ4v) is 2.74. The molecule has 1 aromatic heterocycles. The lowest BCUT2D eigenvalue weighted by Crippen LogP contribution is -2.05. The molecule has 0 fully saturated rings. The van der Waals surface area contributed by atoms with Gasteiger partial charge in [0.15, 0.2) is 0 Å². The van der Waals surface area contributed by atoms with Crippen LogP contribution in [0.25, 0.3) is 0 Å². The largest absolute Gasteiger partial charge is 0.486 e. The molecule has 2 rings (SSSR count). The topological polar surface area (TPSA) is 34.1 Å². The van der Waals surface area contributed by atoms with E-state index in [4.69, 9.17) is 4.74 Å². The van der Waals surface area contributed by atoms with E-state index in [-0.39, 0.29) is 0 Å². The molecule has 1 aromatic carbocycles. The van der Waals surface area contributed by atoms with Gasteiger partial charge >= 0.3 is 0 Å². The standard InChI is InChI=1S/C13H15BrN2OS/c1-9-16-11(8-18-9)7-17-13-4-3-10(6-15-2)5-12(13)14/h3-5,8,15H,6-7H2,1-2H3. The number of thiazole rings is 1. The highest BCUT2D eigenvalue weighted by Crippen LogP contribution is 2.27. The lowest BCUT2D eigenvalue weighted by atomic mass is 10.2. The molecule has 0 aliphatic carbocycles. The van der Waals surface area contributed by atoms with Crippen LogP contribution in [0.5, 0.6) is 5.75 Å². The number of nitrogens with zero attached hydrogens (tertiary/aromatic N) is 1. The second-order valence-corrected chi connectivity index (χ2v) is 5.86. The predicted molar refractivity (Wildman–Crippen MR) is 78.1 cm³/mol. The highest BCUT2D eigenvalue weighted by Gasteiger charge is 2.04. The fourth-order valence-electron chi connectivity index (χ4n) is 1.60. The van der Waals surface area contributed by atoms with E-state index in [0.717, 1.165) is 27.5 Å². The zero-order valence-corrected chi connectivity index (χ0v) is 12.8. The van der Waals surface area contributed by atoms with Crippen molar-refractivity contribution in [3.8, 4) is 5.75 Å². The van der Waals surface area contributed by atoms with E-state index >= 15 is 0 Å². The van der Waals surface area contributed by atoms with Crippen molar-refractivity contribution in [1.29, 1.82) is 0 Å². The number of benzene rings is 1. The summed E-state index contributed by atoms with van der Waals surface area (Å²) in [4.78, 5) is 4.37. The Balaban J connectivity index is 2.01. The van der Waals surface area contributed by atoms with Crippen molar-refractivity contribution < 1.29 is 4.74 Å². The summed E-state index contributed by atoms with van der Waals surface area (Å²) in [6.45, 7) is 3.36. The number of nitrogens with one attached hydrogen (secondary N) is 1. The van der Waals surface area contributed by atoms with Gasteiger partial charge in [0.2, 0.25) is 0 Å². The van der Waals surface area contributed by atoms with Gasteiger partial charge in [0.1, 0.15) is 12.4 Å². The fraction of sp³-hybridized carbons (Fsp3) is 0.308. The number of hydrogen-bond donors (Lipinski definition) is 1. The Morgan fingerprint density at radius 3 is 2.89 bits per heavy atom. The SMILES string of the molecule is CNCc1ccc(OCc2csc(C)n2)c(Br)c1. The van der Waals surface area contributed by atoms with E-state index in [1.807, 2.05) is 25.4 Å². The summed E-state index contributed by atoms with van der Waals surface area (Å²) >= 11 is 5.17. The monoisotopic (exact) mass is 326 g/mol. The summed E-state index contributed by atoms with van der Waals surface area (Å²) in [5, 5.41) is 6.21. The molecule has 2 aromatic rings. The number of ether oxygens (including phenoxy) is 1. The lowest BCUT2D eigenvalue weighted by Gasteiger charge is -2.08. The van der Waals surface area contributed by atoms with Crippen molar-refractivity contribution in [3.05, 3.63) is 44.3 Å². The molecule has 1 heterocycles. The van der Waals surface area contributed by atoms with Gasteiger partial charge in [0, 0.05) is 11.9 Å². The van der Waals surface area contributed by atoms with Gasteiger partial charge in [-0.15, -0.1) is 11.3 Å². The molecular weight excluding hydrogens is 312 g/mol. The summed E-state index contributed by atoms with van der Waals surface area (Å²) in [6, 6.07) is 6.11. The second kappa shape index (κ2) is 6.31. The molecular formula is C13H15BrN2OS. The summed E-state index contributed by atoms with van der Waals surface area (Å²) in [5.74, 6) is 0.848. The first-order chi connectivity index (χ1) is 8.69. The maximum absolute atomic E-state index is 5.75. The van der Waals surface area contributed by atoms with Crippen molar-refractivity contribution in [3.63, 3.8) is 0 Å². The van der Waals surface area contributed by atoms with Gasteiger partial charge in [-0.2, -0.15) is 0 Å². The molecule has 0 saturated heterocycles. The molecule has 0 atom stereocenters. The van der Waals surface area contributed by atoms with Crippen LogP contribution in [0, 0.1) is 6.92 Å². The molecule has 0 bridgehead atoms. The molecule has 5 heteroatoms. The molecule has 0 spiro atoms. The molecule has 0 aliphatic heterocycles. The van der Waals surface area contributed by atoms with Crippen molar-refractivity contribution in [1.82, 2.24) is 10.3 Å². The zero-order chi connectivity index (χ0) is 13.0. The highest BCUT2D eigenvalue weighted by molar-refractivity contribution is 9.10. The molecule has 1 N–H and O–H groups in total. The van der Waals surface area contributed by atoms with E-state index in [1.165, 1.54) is 5.56 Å². The van der Waals surface area contributed by atoms with Crippen molar-refractivity contribution in [2.75, 3.05) is 7.05 Å². The molecule has 0 amide bonds. The first-order valence-electron chi connectivity index (χ1n) is 5.66. The molecule has 96 valence electrons. The summed E-state index contributed by atoms with van der Waals surface area (Å²) < 4.78 is 6.72. The summed E-state index contributed by atoms with van der Waals surface area (Å²) in [5.41, 5.74) is 2.20. The van der Waals surface area contributed by atoms with Crippen molar-refractivity contribution >= 4 is 27.3 Å². The smallest absolute Gasteiger partial charge is 0.134 e. The third-order valence-electron chi connectivity index (χ3n) is 2.42. The number of aromatic nitrogens is 1.